The Morgan fingerprint density at radius 1 is 1.18 bits per heavy atom. The molecule has 0 heterocycles. The van der Waals surface area contributed by atoms with Crippen molar-refractivity contribution in [3.63, 3.8) is 0 Å². The minimum Gasteiger partial charge on any atom is -0.399 e. The summed E-state index contributed by atoms with van der Waals surface area (Å²) in [5.74, 6) is 0. The molecular formula is C15H18N2. The third kappa shape index (κ3) is 4.89. The fourth-order valence-electron chi connectivity index (χ4n) is 1.41. The summed E-state index contributed by atoms with van der Waals surface area (Å²) in [5.41, 5.74) is 14.8. The lowest BCUT2D eigenvalue weighted by Gasteiger charge is -2.03. The van der Waals surface area contributed by atoms with E-state index < -0.39 is 0 Å². The lowest BCUT2D eigenvalue weighted by atomic mass is 10.0. The number of allylic oxidation sites excluding steroid dienone is 5. The average molecular weight is 226 g/mol. The van der Waals surface area contributed by atoms with Crippen molar-refractivity contribution >= 4 is 5.69 Å². The Morgan fingerprint density at radius 2 is 1.82 bits per heavy atom. The summed E-state index contributed by atoms with van der Waals surface area (Å²) in [6, 6.07) is 7.81. The first-order chi connectivity index (χ1) is 8.11. The molecule has 1 aromatic carbocycles. The van der Waals surface area contributed by atoms with Crippen LogP contribution in [0.3, 0.4) is 0 Å². The van der Waals surface area contributed by atoms with Gasteiger partial charge >= 0.3 is 0 Å². The van der Waals surface area contributed by atoms with Crippen LogP contribution >= 0.6 is 0 Å². The number of nitrogens with two attached hydrogens (primary N) is 2. The molecule has 2 nitrogen and oxygen atoms in total. The topological polar surface area (TPSA) is 52.0 Å². The zero-order valence-electron chi connectivity index (χ0n) is 9.89. The summed E-state index contributed by atoms with van der Waals surface area (Å²) in [7, 11) is 0. The van der Waals surface area contributed by atoms with Crippen LogP contribution in [-0.2, 0) is 6.42 Å². The molecule has 0 atom stereocenters. The highest BCUT2D eigenvalue weighted by molar-refractivity contribution is 5.41. The maximum absolute atomic E-state index is 5.64. The molecule has 0 aliphatic rings. The van der Waals surface area contributed by atoms with Crippen LogP contribution in [-0.4, -0.2) is 0 Å². The van der Waals surface area contributed by atoms with Crippen LogP contribution in [0.5, 0.6) is 0 Å². The molecule has 0 spiro atoms. The van der Waals surface area contributed by atoms with Gasteiger partial charge in [-0.2, -0.15) is 0 Å². The largest absolute Gasteiger partial charge is 0.399 e. The molecule has 0 saturated carbocycles. The van der Waals surface area contributed by atoms with Crippen molar-refractivity contribution in [1.29, 1.82) is 0 Å². The van der Waals surface area contributed by atoms with E-state index >= 15 is 0 Å². The van der Waals surface area contributed by atoms with Crippen molar-refractivity contribution in [1.82, 2.24) is 0 Å². The summed E-state index contributed by atoms with van der Waals surface area (Å²) in [6.45, 7) is 7.33. The first kappa shape index (κ1) is 12.8. The third-order valence-corrected chi connectivity index (χ3v) is 2.23. The summed E-state index contributed by atoms with van der Waals surface area (Å²) in [6.07, 6.45) is 8.26. The molecular weight excluding hydrogens is 208 g/mol. The van der Waals surface area contributed by atoms with E-state index in [0.29, 0.717) is 5.70 Å². The van der Waals surface area contributed by atoms with Crippen LogP contribution in [0.25, 0.3) is 0 Å². The van der Waals surface area contributed by atoms with Crippen LogP contribution in [0, 0.1) is 0 Å². The minimum atomic E-state index is 0.539. The van der Waals surface area contributed by atoms with Crippen LogP contribution in [0.15, 0.2) is 73.0 Å². The molecule has 0 bridgehead atoms. The van der Waals surface area contributed by atoms with Crippen LogP contribution in [0.1, 0.15) is 5.56 Å². The maximum atomic E-state index is 5.64. The average Bonchev–Trinajstić information content (AvgIpc) is 2.29. The molecule has 0 aromatic heterocycles. The van der Waals surface area contributed by atoms with Crippen molar-refractivity contribution in [2.24, 2.45) is 5.73 Å². The Morgan fingerprint density at radius 3 is 2.35 bits per heavy atom. The SMILES string of the molecule is C=C/C=C(\C=C/C(=C)N)Cc1ccc(N)cc1. The standard InChI is InChI=1S/C15H18N2/c1-3-4-13(6-5-12(2)16)11-14-7-9-15(17)10-8-14/h3-10H,1-2,11,16-17H2/b6-5-,13-4+. The fourth-order valence-corrected chi connectivity index (χ4v) is 1.41. The van der Waals surface area contributed by atoms with Crippen molar-refractivity contribution in [3.8, 4) is 0 Å². The molecule has 1 aromatic rings. The van der Waals surface area contributed by atoms with Crippen LogP contribution in [0.2, 0.25) is 0 Å². The van der Waals surface area contributed by atoms with E-state index in [2.05, 4.69) is 13.2 Å². The Labute approximate surface area is 103 Å². The molecule has 88 valence electrons. The third-order valence-electron chi connectivity index (χ3n) is 2.23. The smallest absolute Gasteiger partial charge is 0.0314 e. The summed E-state index contributed by atoms with van der Waals surface area (Å²) >= 11 is 0. The molecule has 0 unspecified atom stereocenters. The highest BCUT2D eigenvalue weighted by Crippen LogP contribution is 2.12. The van der Waals surface area contributed by atoms with Crippen LogP contribution < -0.4 is 11.5 Å². The molecule has 0 aliphatic heterocycles. The Hall–Kier alpha value is -2.22. The first-order valence-electron chi connectivity index (χ1n) is 5.40. The van der Waals surface area contributed by atoms with E-state index in [1.165, 1.54) is 5.56 Å². The lowest BCUT2D eigenvalue weighted by Crippen LogP contribution is -1.92. The second-order valence-electron chi connectivity index (χ2n) is 3.80. The van der Waals surface area contributed by atoms with Gasteiger partial charge in [0.05, 0.1) is 0 Å². The molecule has 2 heteroatoms. The Balaban J connectivity index is 2.80. The second-order valence-corrected chi connectivity index (χ2v) is 3.80. The zero-order chi connectivity index (χ0) is 12.7. The summed E-state index contributed by atoms with van der Waals surface area (Å²) < 4.78 is 0. The molecule has 0 aliphatic carbocycles. The van der Waals surface area contributed by atoms with Gasteiger partial charge in [0.2, 0.25) is 0 Å². The van der Waals surface area contributed by atoms with Crippen molar-refractivity contribution < 1.29 is 0 Å². The van der Waals surface area contributed by atoms with Crippen LogP contribution in [0.4, 0.5) is 5.69 Å². The number of benzene rings is 1. The van der Waals surface area contributed by atoms with Gasteiger partial charge in [-0.3, -0.25) is 0 Å². The van der Waals surface area contributed by atoms with Crippen molar-refractivity contribution in [3.05, 3.63) is 78.6 Å². The fraction of sp³-hybridized carbons (Fsp3) is 0.0667. The van der Waals surface area contributed by atoms with E-state index in [1.807, 2.05) is 36.4 Å². The van der Waals surface area contributed by atoms with E-state index in [-0.39, 0.29) is 0 Å². The lowest BCUT2D eigenvalue weighted by molar-refractivity contribution is 1.19. The Bertz CT molecular complexity index is 450. The maximum Gasteiger partial charge on any atom is 0.0314 e. The quantitative estimate of drug-likeness (QED) is 0.599. The van der Waals surface area contributed by atoms with Gasteiger partial charge in [-0.05, 0) is 35.8 Å². The Kier molecular flexibility index (Phi) is 4.82. The summed E-state index contributed by atoms with van der Waals surface area (Å²) in [4.78, 5) is 0. The molecule has 4 N–H and O–H groups in total. The normalized spacial score (nSPS) is 11.6. The van der Waals surface area contributed by atoms with Crippen molar-refractivity contribution in [2.45, 2.75) is 6.42 Å². The number of nitrogen functional groups attached to an aromatic ring is 1. The molecule has 0 amide bonds. The van der Waals surface area contributed by atoms with Gasteiger partial charge in [-0.25, -0.2) is 0 Å². The molecule has 17 heavy (non-hydrogen) atoms. The van der Waals surface area contributed by atoms with Gasteiger partial charge in [0.15, 0.2) is 0 Å². The predicted octanol–water partition coefficient (Wildman–Crippen LogP) is 2.95. The first-order valence-corrected chi connectivity index (χ1v) is 5.40. The molecule has 1 rings (SSSR count). The van der Waals surface area contributed by atoms with Gasteiger partial charge < -0.3 is 11.5 Å². The molecule has 0 saturated heterocycles. The number of anilines is 1. The van der Waals surface area contributed by atoms with Gasteiger partial charge in [0, 0.05) is 11.4 Å². The van der Waals surface area contributed by atoms with Crippen molar-refractivity contribution in [2.75, 3.05) is 5.73 Å². The zero-order valence-corrected chi connectivity index (χ0v) is 9.89. The molecule has 0 radical (unpaired) electrons. The van der Waals surface area contributed by atoms with Gasteiger partial charge in [0.1, 0.15) is 0 Å². The van der Waals surface area contributed by atoms with E-state index in [4.69, 9.17) is 11.5 Å². The highest BCUT2D eigenvalue weighted by atomic mass is 14.5. The van der Waals surface area contributed by atoms with Gasteiger partial charge in [-0.1, -0.05) is 43.5 Å². The number of hydrogen-bond acceptors (Lipinski definition) is 2. The van der Waals surface area contributed by atoms with Gasteiger partial charge in [-0.15, -0.1) is 0 Å². The van der Waals surface area contributed by atoms with E-state index in [1.54, 1.807) is 12.2 Å². The highest BCUT2D eigenvalue weighted by Gasteiger charge is 1.96. The second kappa shape index (κ2) is 6.38. The molecule has 0 fully saturated rings. The van der Waals surface area contributed by atoms with E-state index in [0.717, 1.165) is 17.7 Å². The summed E-state index contributed by atoms with van der Waals surface area (Å²) in [5, 5.41) is 0. The monoisotopic (exact) mass is 226 g/mol. The number of rotatable bonds is 5. The van der Waals surface area contributed by atoms with E-state index in [9.17, 15) is 0 Å². The number of hydrogen-bond donors (Lipinski definition) is 2. The van der Waals surface area contributed by atoms with Gasteiger partial charge in [0.25, 0.3) is 0 Å². The minimum absolute atomic E-state index is 0.539. The predicted molar refractivity (Wildman–Crippen MR) is 75.3 cm³/mol.